The molecule has 13 heteroatoms. The van der Waals surface area contributed by atoms with Gasteiger partial charge in [0.25, 0.3) is 5.91 Å². The molecule has 2 N–H and O–H groups in total. The number of aliphatic hydroxyl groups excluding tert-OH is 1. The van der Waals surface area contributed by atoms with Crippen molar-refractivity contribution in [3.63, 3.8) is 0 Å². The molecule has 0 radical (unpaired) electrons. The molecule has 2 atom stereocenters. The van der Waals surface area contributed by atoms with Crippen molar-refractivity contribution in [1.29, 1.82) is 0 Å². The lowest BCUT2D eigenvalue weighted by Gasteiger charge is -2.25. The van der Waals surface area contributed by atoms with Crippen LogP contribution in [0.2, 0.25) is 0 Å². The van der Waals surface area contributed by atoms with E-state index in [9.17, 15) is 31.9 Å². The summed E-state index contributed by atoms with van der Waals surface area (Å²) in [6.45, 7) is 5.03. The first-order chi connectivity index (χ1) is 22.6. The van der Waals surface area contributed by atoms with Gasteiger partial charge in [-0.25, -0.2) is 27.0 Å². The molecular formula is C35H39F2N3O7S. The Morgan fingerprint density at radius 1 is 1.00 bits per heavy atom. The van der Waals surface area contributed by atoms with E-state index in [-0.39, 0.29) is 37.5 Å². The number of ether oxygens (including phenoxy) is 2. The Kier molecular flexibility index (Phi) is 11.8. The Balaban J connectivity index is 1.64. The van der Waals surface area contributed by atoms with Crippen LogP contribution in [0.1, 0.15) is 60.6 Å². The SMILES string of the molecule is CC(C)(C)OC(=O)[C@H](CCS(C)(=O)=O)NC(=O)c1ccc(COC(Cn2ccnc2CO)c2ccc(F)cc2)cc1-c1ccc(F)cc1. The number of aliphatic hydroxyl groups is 1. The number of esters is 1. The number of benzene rings is 3. The standard InChI is InChI=1S/C35H39F2N3O7S/c1-35(2,3)47-34(43)30(15-18-48(4,44)45)39-33(42)28-14-5-23(19-29(28)24-6-10-26(36)11-7-24)22-46-31(25-8-12-27(37)13-9-25)20-40-17-16-38-32(40)21-41/h5-14,16-17,19,30-31,41H,15,18,20-22H2,1-4H3,(H,39,42)/t30-,31?/m0/s1. The first-order valence-corrected chi connectivity index (χ1v) is 17.3. The zero-order chi connectivity index (χ0) is 35.1. The van der Waals surface area contributed by atoms with Gasteiger partial charge in [0.2, 0.25) is 0 Å². The normalized spacial score (nSPS) is 13.1. The molecule has 1 heterocycles. The first-order valence-electron chi connectivity index (χ1n) is 15.2. The summed E-state index contributed by atoms with van der Waals surface area (Å²) < 4.78 is 64.9. The number of hydrogen-bond acceptors (Lipinski definition) is 8. The van der Waals surface area contributed by atoms with Crippen molar-refractivity contribution in [2.24, 2.45) is 0 Å². The topological polar surface area (TPSA) is 137 Å². The molecule has 1 unspecified atom stereocenters. The van der Waals surface area contributed by atoms with Gasteiger partial charge >= 0.3 is 5.97 Å². The molecule has 0 aliphatic heterocycles. The van der Waals surface area contributed by atoms with Crippen molar-refractivity contribution in [3.8, 4) is 11.1 Å². The van der Waals surface area contributed by atoms with Gasteiger partial charge in [-0.1, -0.05) is 30.3 Å². The molecule has 0 spiro atoms. The minimum Gasteiger partial charge on any atom is -0.458 e. The fourth-order valence-corrected chi connectivity index (χ4v) is 5.57. The van der Waals surface area contributed by atoms with Gasteiger partial charge in [-0.3, -0.25) is 4.79 Å². The van der Waals surface area contributed by atoms with E-state index in [0.717, 1.165) is 6.26 Å². The van der Waals surface area contributed by atoms with Crippen LogP contribution in [0.15, 0.2) is 79.1 Å². The molecule has 0 aliphatic carbocycles. The molecule has 0 bridgehead atoms. The second kappa shape index (κ2) is 15.6. The van der Waals surface area contributed by atoms with E-state index in [1.807, 2.05) is 0 Å². The van der Waals surface area contributed by atoms with Gasteiger partial charge in [0.15, 0.2) is 0 Å². The molecule has 256 valence electrons. The number of nitrogens with one attached hydrogen (secondary N) is 1. The fraction of sp³-hybridized carbons (Fsp3) is 0.343. The van der Waals surface area contributed by atoms with Crippen LogP contribution in [0.25, 0.3) is 11.1 Å². The number of halogens is 2. The third-order valence-corrected chi connectivity index (χ3v) is 8.23. The van der Waals surface area contributed by atoms with Crippen LogP contribution >= 0.6 is 0 Å². The lowest BCUT2D eigenvalue weighted by Crippen LogP contribution is -2.45. The molecule has 48 heavy (non-hydrogen) atoms. The molecule has 4 aromatic rings. The number of rotatable bonds is 14. The van der Waals surface area contributed by atoms with E-state index in [2.05, 4.69) is 10.3 Å². The van der Waals surface area contributed by atoms with Crippen LogP contribution in [-0.2, 0) is 43.9 Å². The Morgan fingerprint density at radius 2 is 1.65 bits per heavy atom. The van der Waals surface area contributed by atoms with Crippen LogP contribution < -0.4 is 5.32 Å². The monoisotopic (exact) mass is 683 g/mol. The van der Waals surface area contributed by atoms with Gasteiger partial charge in [-0.05, 0) is 85.8 Å². The minimum absolute atomic E-state index is 0.0518. The fourth-order valence-electron chi connectivity index (χ4n) is 4.90. The predicted octanol–water partition coefficient (Wildman–Crippen LogP) is 5.15. The number of imidazole rings is 1. The molecule has 0 aliphatic rings. The van der Waals surface area contributed by atoms with Crippen LogP contribution in [0.4, 0.5) is 8.78 Å². The molecule has 10 nitrogen and oxygen atoms in total. The number of nitrogens with zero attached hydrogens (tertiary/aromatic N) is 2. The molecule has 0 saturated carbocycles. The summed E-state index contributed by atoms with van der Waals surface area (Å²) in [6, 6.07) is 15.1. The Hall–Kier alpha value is -4.46. The summed E-state index contributed by atoms with van der Waals surface area (Å²) in [5, 5.41) is 12.3. The van der Waals surface area contributed by atoms with Crippen molar-refractivity contribution in [2.75, 3.05) is 12.0 Å². The van der Waals surface area contributed by atoms with E-state index in [1.165, 1.54) is 36.4 Å². The Bertz CT molecular complexity index is 1820. The summed E-state index contributed by atoms with van der Waals surface area (Å²) >= 11 is 0. The maximum absolute atomic E-state index is 13.9. The molecule has 1 amide bonds. The Morgan fingerprint density at radius 3 is 2.25 bits per heavy atom. The van der Waals surface area contributed by atoms with E-state index < -0.39 is 51.1 Å². The summed E-state index contributed by atoms with van der Waals surface area (Å²) in [4.78, 5) is 30.8. The summed E-state index contributed by atoms with van der Waals surface area (Å²) in [7, 11) is -3.46. The van der Waals surface area contributed by atoms with Crippen LogP contribution in [0, 0.1) is 11.6 Å². The van der Waals surface area contributed by atoms with E-state index in [4.69, 9.17) is 9.47 Å². The second-order valence-electron chi connectivity index (χ2n) is 12.4. The van der Waals surface area contributed by atoms with E-state index >= 15 is 0 Å². The average Bonchev–Trinajstić information content (AvgIpc) is 3.47. The minimum atomic E-state index is -3.46. The quantitative estimate of drug-likeness (QED) is 0.174. The highest BCUT2D eigenvalue weighted by Crippen LogP contribution is 2.28. The number of carbonyl (C=O) groups excluding carboxylic acids is 2. The van der Waals surface area contributed by atoms with Crippen LogP contribution in [0.3, 0.4) is 0 Å². The zero-order valence-electron chi connectivity index (χ0n) is 27.2. The van der Waals surface area contributed by atoms with Gasteiger partial charge in [-0.2, -0.15) is 0 Å². The predicted molar refractivity (Wildman–Crippen MR) is 175 cm³/mol. The maximum Gasteiger partial charge on any atom is 0.329 e. The van der Waals surface area contributed by atoms with Gasteiger partial charge in [0.05, 0.1) is 18.9 Å². The molecule has 0 saturated heterocycles. The summed E-state index contributed by atoms with van der Waals surface area (Å²) in [6.07, 6.45) is 3.52. The van der Waals surface area contributed by atoms with E-state index in [0.29, 0.717) is 28.1 Å². The highest BCUT2D eigenvalue weighted by Gasteiger charge is 2.29. The number of sulfone groups is 1. The Labute approximate surface area is 278 Å². The third kappa shape index (κ3) is 10.5. The van der Waals surface area contributed by atoms with Crippen molar-refractivity contribution in [1.82, 2.24) is 14.9 Å². The maximum atomic E-state index is 13.9. The van der Waals surface area contributed by atoms with Gasteiger partial charge in [-0.15, -0.1) is 0 Å². The first kappa shape index (κ1) is 36.4. The van der Waals surface area contributed by atoms with Crippen LogP contribution in [0.5, 0.6) is 0 Å². The van der Waals surface area contributed by atoms with Crippen molar-refractivity contribution < 1.29 is 41.4 Å². The highest BCUT2D eigenvalue weighted by molar-refractivity contribution is 7.90. The van der Waals surface area contributed by atoms with Gasteiger partial charge < -0.3 is 24.5 Å². The second-order valence-corrected chi connectivity index (χ2v) is 14.6. The van der Waals surface area contributed by atoms with Crippen LogP contribution in [-0.4, -0.2) is 58.6 Å². The lowest BCUT2D eigenvalue weighted by molar-refractivity contribution is -0.157. The average molecular weight is 684 g/mol. The van der Waals surface area contributed by atoms with Crippen molar-refractivity contribution >= 4 is 21.7 Å². The number of carbonyl (C=O) groups is 2. The number of amides is 1. The molecule has 4 rings (SSSR count). The smallest absolute Gasteiger partial charge is 0.329 e. The van der Waals surface area contributed by atoms with E-state index in [1.54, 1.807) is 68.1 Å². The molecular weight excluding hydrogens is 644 g/mol. The largest absolute Gasteiger partial charge is 0.458 e. The van der Waals surface area contributed by atoms with Crippen molar-refractivity contribution in [2.45, 2.75) is 64.7 Å². The van der Waals surface area contributed by atoms with Crippen molar-refractivity contribution in [3.05, 3.63) is 113 Å². The number of hydrogen-bond donors (Lipinski definition) is 2. The highest BCUT2D eigenvalue weighted by atomic mass is 32.2. The summed E-state index contributed by atoms with van der Waals surface area (Å²) in [5.41, 5.74) is 1.52. The summed E-state index contributed by atoms with van der Waals surface area (Å²) in [5.74, 6) is -2.24. The van der Waals surface area contributed by atoms with Gasteiger partial charge in [0.1, 0.15) is 51.6 Å². The lowest BCUT2D eigenvalue weighted by atomic mass is 9.96. The third-order valence-electron chi connectivity index (χ3n) is 7.26. The van der Waals surface area contributed by atoms with Gasteiger partial charge in [0, 0.05) is 24.2 Å². The molecule has 1 aromatic heterocycles. The zero-order valence-corrected chi connectivity index (χ0v) is 28.0. The molecule has 3 aromatic carbocycles. The molecule has 0 fully saturated rings. The number of aromatic nitrogens is 2.